The Balaban J connectivity index is 1.84. The lowest BCUT2D eigenvalue weighted by atomic mass is 9.75. The van der Waals surface area contributed by atoms with Crippen LogP contribution in [0.15, 0.2) is 36.4 Å². The first-order valence-electron chi connectivity index (χ1n) is 10.3. The van der Waals surface area contributed by atoms with Gasteiger partial charge in [-0.25, -0.2) is 12.7 Å². The van der Waals surface area contributed by atoms with Gasteiger partial charge in [0.1, 0.15) is 0 Å². The Morgan fingerprint density at radius 2 is 1.74 bits per heavy atom. The predicted molar refractivity (Wildman–Crippen MR) is 124 cm³/mol. The molecule has 1 fully saturated rings. The Hall–Kier alpha value is -1.67. The summed E-state index contributed by atoms with van der Waals surface area (Å²) in [5, 5.41) is 3.54. The molecular weight excluding hydrogens is 457 g/mol. The third-order valence-corrected chi connectivity index (χ3v) is 8.45. The van der Waals surface area contributed by atoms with Gasteiger partial charge in [0, 0.05) is 36.4 Å². The maximum Gasteiger partial charge on any atom is 0.254 e. The van der Waals surface area contributed by atoms with E-state index >= 15 is 0 Å². The molecular formula is C22H27Cl2N3O3S. The van der Waals surface area contributed by atoms with Crippen molar-refractivity contribution in [3.8, 4) is 0 Å². The van der Waals surface area contributed by atoms with E-state index in [1.54, 1.807) is 22.5 Å². The van der Waals surface area contributed by atoms with Gasteiger partial charge in [0.2, 0.25) is 10.0 Å². The van der Waals surface area contributed by atoms with Crippen LogP contribution in [0.25, 0.3) is 0 Å². The average molecular weight is 484 g/mol. The van der Waals surface area contributed by atoms with Gasteiger partial charge in [-0.3, -0.25) is 9.78 Å². The molecule has 0 aliphatic carbocycles. The van der Waals surface area contributed by atoms with Gasteiger partial charge in [-0.15, -0.1) is 0 Å². The molecule has 1 aliphatic rings. The van der Waals surface area contributed by atoms with E-state index < -0.39 is 15.4 Å². The SMILES string of the molecule is CCCS(=O)(=O)N1CCC(CNC(=O)c2c(Cl)cccc2Cl)(c2cccc(C)n2)CC1. The van der Waals surface area contributed by atoms with Gasteiger partial charge in [-0.1, -0.05) is 42.3 Å². The first-order valence-corrected chi connectivity index (χ1v) is 12.7. The summed E-state index contributed by atoms with van der Waals surface area (Å²) in [5.74, 6) is -0.214. The number of halogens is 2. The summed E-state index contributed by atoms with van der Waals surface area (Å²) in [5.41, 5.74) is 1.48. The van der Waals surface area contributed by atoms with Crippen LogP contribution in [0.4, 0.5) is 0 Å². The van der Waals surface area contributed by atoms with Crippen molar-refractivity contribution in [3.63, 3.8) is 0 Å². The van der Waals surface area contributed by atoms with E-state index in [4.69, 9.17) is 28.2 Å². The summed E-state index contributed by atoms with van der Waals surface area (Å²) in [4.78, 5) is 17.6. The van der Waals surface area contributed by atoms with Crippen molar-refractivity contribution in [1.82, 2.24) is 14.6 Å². The third-order valence-electron chi connectivity index (χ3n) is 5.74. The monoisotopic (exact) mass is 483 g/mol. The van der Waals surface area contributed by atoms with Crippen molar-refractivity contribution in [3.05, 3.63) is 63.4 Å². The molecule has 168 valence electrons. The molecule has 2 aromatic rings. The fourth-order valence-electron chi connectivity index (χ4n) is 3.99. The molecule has 1 aromatic heterocycles. The second-order valence-electron chi connectivity index (χ2n) is 7.94. The van der Waals surface area contributed by atoms with Gasteiger partial charge in [-0.2, -0.15) is 0 Å². The maximum atomic E-state index is 12.9. The van der Waals surface area contributed by atoms with Gasteiger partial charge in [0.05, 0.1) is 21.4 Å². The number of benzene rings is 1. The number of amides is 1. The summed E-state index contributed by atoms with van der Waals surface area (Å²) in [6, 6.07) is 10.7. The number of hydrogen-bond donors (Lipinski definition) is 1. The highest BCUT2D eigenvalue weighted by Crippen LogP contribution is 2.35. The molecule has 9 heteroatoms. The van der Waals surface area contributed by atoms with E-state index in [1.165, 1.54) is 0 Å². The van der Waals surface area contributed by atoms with Crippen molar-refractivity contribution in [2.75, 3.05) is 25.4 Å². The summed E-state index contributed by atoms with van der Waals surface area (Å²) in [6.45, 7) is 4.87. The van der Waals surface area contributed by atoms with Crippen molar-refractivity contribution < 1.29 is 13.2 Å². The van der Waals surface area contributed by atoms with E-state index in [-0.39, 0.29) is 27.3 Å². The van der Waals surface area contributed by atoms with Gasteiger partial charge >= 0.3 is 0 Å². The molecule has 31 heavy (non-hydrogen) atoms. The Morgan fingerprint density at radius 3 is 2.32 bits per heavy atom. The van der Waals surface area contributed by atoms with Crippen LogP contribution in [0.2, 0.25) is 10.0 Å². The van der Waals surface area contributed by atoms with Crippen molar-refractivity contribution >= 4 is 39.1 Å². The van der Waals surface area contributed by atoms with E-state index in [9.17, 15) is 13.2 Å². The molecule has 0 spiro atoms. The standard InChI is InChI=1S/C22H27Cl2N3O3S/c1-3-14-31(29,30)27-12-10-22(11-13-27,19-9-4-6-16(2)26-19)15-25-21(28)20-17(23)7-5-8-18(20)24/h4-9H,3,10-15H2,1-2H3,(H,25,28). The number of carbonyl (C=O) groups is 1. The zero-order valence-electron chi connectivity index (χ0n) is 17.7. The van der Waals surface area contributed by atoms with Gasteiger partial charge in [-0.05, 0) is 50.5 Å². The van der Waals surface area contributed by atoms with Gasteiger partial charge in [0.15, 0.2) is 0 Å². The number of rotatable bonds is 7. The summed E-state index contributed by atoms with van der Waals surface area (Å²) < 4.78 is 26.6. The molecule has 1 amide bonds. The highest BCUT2D eigenvalue weighted by Gasteiger charge is 2.40. The van der Waals surface area contributed by atoms with Crippen molar-refractivity contribution in [2.45, 2.75) is 38.5 Å². The number of aromatic nitrogens is 1. The van der Waals surface area contributed by atoms with E-state index in [0.717, 1.165) is 11.4 Å². The summed E-state index contributed by atoms with van der Waals surface area (Å²) in [7, 11) is -3.27. The molecule has 2 heterocycles. The first-order chi connectivity index (χ1) is 14.7. The minimum absolute atomic E-state index is 0.143. The van der Waals surface area contributed by atoms with Crippen LogP contribution in [0, 0.1) is 6.92 Å². The smallest absolute Gasteiger partial charge is 0.254 e. The van der Waals surface area contributed by atoms with Crippen molar-refractivity contribution in [1.29, 1.82) is 0 Å². The molecule has 0 atom stereocenters. The highest BCUT2D eigenvalue weighted by molar-refractivity contribution is 7.89. The second kappa shape index (κ2) is 9.86. The van der Waals surface area contributed by atoms with Crippen LogP contribution in [-0.2, 0) is 15.4 Å². The maximum absolute atomic E-state index is 12.9. The normalized spacial score (nSPS) is 16.8. The Kier molecular flexibility index (Phi) is 7.63. The fourth-order valence-corrected chi connectivity index (χ4v) is 6.08. The number of pyridine rings is 1. The lowest BCUT2D eigenvalue weighted by molar-refractivity contribution is 0.0932. The molecule has 1 saturated heterocycles. The van der Waals surface area contributed by atoms with Crippen LogP contribution >= 0.6 is 23.2 Å². The number of aryl methyl sites for hydroxylation is 1. The molecule has 1 aromatic carbocycles. The van der Waals surface area contributed by atoms with Crippen LogP contribution in [0.3, 0.4) is 0 Å². The van der Waals surface area contributed by atoms with Crippen molar-refractivity contribution in [2.24, 2.45) is 0 Å². The highest BCUT2D eigenvalue weighted by atomic mass is 35.5. The molecule has 0 saturated carbocycles. The average Bonchev–Trinajstić information content (AvgIpc) is 2.72. The number of piperidine rings is 1. The number of hydrogen-bond acceptors (Lipinski definition) is 4. The lowest BCUT2D eigenvalue weighted by Gasteiger charge is -2.41. The predicted octanol–water partition coefficient (Wildman–Crippen LogP) is 4.20. The number of nitrogens with one attached hydrogen (secondary N) is 1. The Bertz CT molecular complexity index is 1030. The van der Waals surface area contributed by atoms with Crippen LogP contribution < -0.4 is 5.32 Å². The zero-order valence-corrected chi connectivity index (χ0v) is 20.0. The molecule has 3 rings (SSSR count). The van der Waals surface area contributed by atoms with Gasteiger partial charge in [0.25, 0.3) is 5.91 Å². The second-order valence-corrected chi connectivity index (χ2v) is 10.8. The Labute approximate surface area is 194 Å². The molecule has 1 N–H and O–H groups in total. The fraction of sp³-hybridized carbons (Fsp3) is 0.455. The van der Waals surface area contributed by atoms with Crippen LogP contribution in [-0.4, -0.2) is 49.0 Å². The minimum Gasteiger partial charge on any atom is -0.351 e. The number of carbonyl (C=O) groups excluding carboxylic acids is 1. The number of nitrogens with zero attached hydrogens (tertiary/aromatic N) is 2. The van der Waals surface area contributed by atoms with Gasteiger partial charge < -0.3 is 5.32 Å². The largest absolute Gasteiger partial charge is 0.351 e. The third kappa shape index (κ3) is 5.40. The zero-order chi connectivity index (χ0) is 22.6. The molecule has 0 radical (unpaired) electrons. The van der Waals surface area contributed by atoms with E-state index in [1.807, 2.05) is 32.0 Å². The molecule has 0 unspecified atom stereocenters. The van der Waals surface area contributed by atoms with Crippen LogP contribution in [0.1, 0.15) is 47.9 Å². The van der Waals surface area contributed by atoms with E-state index in [2.05, 4.69) is 5.32 Å². The lowest BCUT2D eigenvalue weighted by Crippen LogP contribution is -2.51. The molecule has 1 aliphatic heterocycles. The summed E-state index contributed by atoms with van der Waals surface area (Å²) in [6.07, 6.45) is 1.70. The molecule has 6 nitrogen and oxygen atoms in total. The Morgan fingerprint density at radius 1 is 1.13 bits per heavy atom. The quantitative estimate of drug-likeness (QED) is 0.639. The topological polar surface area (TPSA) is 79.4 Å². The number of sulfonamides is 1. The van der Waals surface area contributed by atoms with E-state index in [0.29, 0.717) is 38.9 Å². The molecule has 0 bridgehead atoms. The minimum atomic E-state index is -3.27. The van der Waals surface area contributed by atoms with Crippen LogP contribution in [0.5, 0.6) is 0 Å². The first kappa shape index (κ1) is 24.0. The summed E-state index contributed by atoms with van der Waals surface area (Å²) >= 11 is 12.4.